The molecule has 0 radical (unpaired) electrons. The smallest absolute Gasteiger partial charge is 0.123 e. The van der Waals surface area contributed by atoms with Crippen LogP contribution in [-0.2, 0) is 0 Å². The summed E-state index contributed by atoms with van der Waals surface area (Å²) in [5, 5.41) is 0. The van der Waals surface area contributed by atoms with Gasteiger partial charge in [0.2, 0.25) is 0 Å². The summed E-state index contributed by atoms with van der Waals surface area (Å²) in [5.74, 6) is 1.65. The van der Waals surface area contributed by atoms with Gasteiger partial charge in [0.05, 0.1) is 14.2 Å². The van der Waals surface area contributed by atoms with E-state index in [0.717, 1.165) is 29.9 Å². The third-order valence-corrected chi connectivity index (χ3v) is 2.44. The average Bonchev–Trinajstić information content (AvgIpc) is 2.28. The summed E-state index contributed by atoms with van der Waals surface area (Å²) in [6.45, 7) is 2.12. The predicted octanol–water partition coefficient (Wildman–Crippen LogP) is 2.93. The van der Waals surface area contributed by atoms with Gasteiger partial charge in [0.25, 0.3) is 0 Å². The molecular formula is C12H20ClNO2. The Bertz CT molecular complexity index is 318. The molecule has 0 spiro atoms. The number of ether oxygens (including phenoxy) is 2. The number of benzene rings is 1. The van der Waals surface area contributed by atoms with E-state index in [-0.39, 0.29) is 18.4 Å². The molecule has 0 aromatic heterocycles. The Kier molecular flexibility index (Phi) is 6.93. The van der Waals surface area contributed by atoms with Crippen molar-refractivity contribution in [2.24, 2.45) is 5.73 Å². The number of rotatable bonds is 5. The van der Waals surface area contributed by atoms with Gasteiger partial charge < -0.3 is 15.2 Å². The average molecular weight is 246 g/mol. The molecule has 1 rings (SSSR count). The second-order valence-electron chi connectivity index (χ2n) is 3.50. The molecule has 4 heteroatoms. The molecule has 92 valence electrons. The molecule has 1 aromatic rings. The van der Waals surface area contributed by atoms with Gasteiger partial charge in [-0.15, -0.1) is 12.4 Å². The van der Waals surface area contributed by atoms with E-state index in [2.05, 4.69) is 6.92 Å². The van der Waals surface area contributed by atoms with Crippen molar-refractivity contribution in [3.05, 3.63) is 23.8 Å². The van der Waals surface area contributed by atoms with Gasteiger partial charge in [0, 0.05) is 11.6 Å². The Balaban J connectivity index is 0.00000225. The number of nitrogens with two attached hydrogens (primary N) is 1. The maximum Gasteiger partial charge on any atom is 0.123 e. The van der Waals surface area contributed by atoms with Crippen LogP contribution in [0.15, 0.2) is 18.2 Å². The molecule has 0 bridgehead atoms. The standard InChI is InChI=1S/C12H19NO2.ClH/c1-4-5-11(13)10-8-9(14-2)6-7-12(10)15-3;/h6-8,11H,4-5,13H2,1-3H3;1H. The molecule has 0 aliphatic rings. The van der Waals surface area contributed by atoms with Crippen LogP contribution in [0.2, 0.25) is 0 Å². The third-order valence-electron chi connectivity index (χ3n) is 2.44. The van der Waals surface area contributed by atoms with Crippen molar-refractivity contribution in [3.8, 4) is 11.5 Å². The fraction of sp³-hybridized carbons (Fsp3) is 0.500. The van der Waals surface area contributed by atoms with E-state index in [9.17, 15) is 0 Å². The summed E-state index contributed by atoms with van der Waals surface area (Å²) < 4.78 is 10.4. The van der Waals surface area contributed by atoms with Gasteiger partial charge in [-0.1, -0.05) is 13.3 Å². The number of halogens is 1. The Morgan fingerprint density at radius 1 is 1.25 bits per heavy atom. The van der Waals surface area contributed by atoms with Crippen LogP contribution in [0.5, 0.6) is 11.5 Å². The molecule has 3 nitrogen and oxygen atoms in total. The van der Waals surface area contributed by atoms with Crippen LogP contribution >= 0.6 is 12.4 Å². The van der Waals surface area contributed by atoms with Crippen molar-refractivity contribution in [2.75, 3.05) is 14.2 Å². The van der Waals surface area contributed by atoms with Gasteiger partial charge in [-0.25, -0.2) is 0 Å². The summed E-state index contributed by atoms with van der Waals surface area (Å²) in [6.07, 6.45) is 2.01. The van der Waals surface area contributed by atoms with Crippen molar-refractivity contribution >= 4 is 12.4 Å². The first-order valence-corrected chi connectivity index (χ1v) is 5.20. The first-order chi connectivity index (χ1) is 7.22. The monoisotopic (exact) mass is 245 g/mol. The molecule has 1 atom stereocenters. The quantitative estimate of drug-likeness (QED) is 0.868. The number of hydrogen-bond acceptors (Lipinski definition) is 3. The Labute approximate surface area is 103 Å². The molecule has 0 aliphatic heterocycles. The van der Waals surface area contributed by atoms with E-state index < -0.39 is 0 Å². The van der Waals surface area contributed by atoms with E-state index in [4.69, 9.17) is 15.2 Å². The highest BCUT2D eigenvalue weighted by Gasteiger charge is 2.12. The van der Waals surface area contributed by atoms with Crippen LogP contribution < -0.4 is 15.2 Å². The van der Waals surface area contributed by atoms with Crippen molar-refractivity contribution in [3.63, 3.8) is 0 Å². The minimum Gasteiger partial charge on any atom is -0.497 e. The molecule has 0 amide bonds. The molecular weight excluding hydrogens is 226 g/mol. The molecule has 0 saturated carbocycles. The molecule has 0 aliphatic carbocycles. The van der Waals surface area contributed by atoms with E-state index in [1.165, 1.54) is 0 Å². The topological polar surface area (TPSA) is 44.5 Å². The fourth-order valence-corrected chi connectivity index (χ4v) is 1.60. The van der Waals surface area contributed by atoms with E-state index >= 15 is 0 Å². The lowest BCUT2D eigenvalue weighted by molar-refractivity contribution is 0.394. The SMILES string of the molecule is CCCC(N)c1cc(OC)ccc1OC.Cl. The second-order valence-corrected chi connectivity index (χ2v) is 3.50. The predicted molar refractivity (Wildman–Crippen MR) is 68.6 cm³/mol. The second kappa shape index (κ2) is 7.36. The molecule has 0 saturated heterocycles. The Morgan fingerprint density at radius 3 is 2.44 bits per heavy atom. The molecule has 2 N–H and O–H groups in total. The zero-order valence-electron chi connectivity index (χ0n) is 10.0. The van der Waals surface area contributed by atoms with Crippen molar-refractivity contribution in [1.29, 1.82) is 0 Å². The van der Waals surface area contributed by atoms with Crippen LogP contribution in [0.1, 0.15) is 31.4 Å². The van der Waals surface area contributed by atoms with Gasteiger partial charge in [-0.2, -0.15) is 0 Å². The largest absolute Gasteiger partial charge is 0.497 e. The lowest BCUT2D eigenvalue weighted by Crippen LogP contribution is -2.11. The summed E-state index contributed by atoms with van der Waals surface area (Å²) >= 11 is 0. The highest BCUT2D eigenvalue weighted by molar-refractivity contribution is 5.85. The normalized spacial score (nSPS) is 11.5. The minimum atomic E-state index is 0. The number of hydrogen-bond donors (Lipinski definition) is 1. The van der Waals surface area contributed by atoms with Gasteiger partial charge >= 0.3 is 0 Å². The summed E-state index contributed by atoms with van der Waals surface area (Å²) in [5.41, 5.74) is 7.08. The fourth-order valence-electron chi connectivity index (χ4n) is 1.60. The van der Waals surface area contributed by atoms with Crippen LogP contribution in [0.3, 0.4) is 0 Å². The number of methoxy groups -OCH3 is 2. The van der Waals surface area contributed by atoms with Crippen LogP contribution in [0.4, 0.5) is 0 Å². The van der Waals surface area contributed by atoms with Crippen LogP contribution in [0, 0.1) is 0 Å². The molecule has 0 fully saturated rings. The van der Waals surface area contributed by atoms with Gasteiger partial charge in [-0.3, -0.25) is 0 Å². The van der Waals surface area contributed by atoms with E-state index in [1.54, 1.807) is 14.2 Å². The van der Waals surface area contributed by atoms with Crippen LogP contribution in [0.25, 0.3) is 0 Å². The van der Waals surface area contributed by atoms with Gasteiger partial charge in [0.1, 0.15) is 11.5 Å². The lowest BCUT2D eigenvalue weighted by atomic mass is 10.0. The summed E-state index contributed by atoms with van der Waals surface area (Å²) in [7, 11) is 3.31. The maximum absolute atomic E-state index is 6.07. The zero-order valence-corrected chi connectivity index (χ0v) is 10.8. The molecule has 1 aromatic carbocycles. The van der Waals surface area contributed by atoms with Crippen molar-refractivity contribution in [2.45, 2.75) is 25.8 Å². The highest BCUT2D eigenvalue weighted by atomic mass is 35.5. The summed E-state index contributed by atoms with van der Waals surface area (Å²) in [6, 6.07) is 5.73. The Morgan fingerprint density at radius 2 is 1.94 bits per heavy atom. The Hall–Kier alpha value is -0.930. The van der Waals surface area contributed by atoms with Crippen molar-refractivity contribution in [1.82, 2.24) is 0 Å². The van der Waals surface area contributed by atoms with E-state index in [1.807, 2.05) is 18.2 Å². The third kappa shape index (κ3) is 3.58. The van der Waals surface area contributed by atoms with Gasteiger partial charge in [0.15, 0.2) is 0 Å². The highest BCUT2D eigenvalue weighted by Crippen LogP contribution is 2.30. The summed E-state index contributed by atoms with van der Waals surface area (Å²) in [4.78, 5) is 0. The van der Waals surface area contributed by atoms with Crippen molar-refractivity contribution < 1.29 is 9.47 Å². The molecule has 0 heterocycles. The molecule has 1 unspecified atom stereocenters. The van der Waals surface area contributed by atoms with Gasteiger partial charge in [-0.05, 0) is 24.6 Å². The molecule has 16 heavy (non-hydrogen) atoms. The lowest BCUT2D eigenvalue weighted by Gasteiger charge is -2.15. The zero-order chi connectivity index (χ0) is 11.3. The van der Waals surface area contributed by atoms with E-state index in [0.29, 0.717) is 0 Å². The first kappa shape index (κ1) is 15.1. The maximum atomic E-state index is 6.07. The van der Waals surface area contributed by atoms with Crippen LogP contribution in [-0.4, -0.2) is 14.2 Å². The first-order valence-electron chi connectivity index (χ1n) is 5.20. The minimum absolute atomic E-state index is 0.